The van der Waals surface area contributed by atoms with Gasteiger partial charge in [0.25, 0.3) is 0 Å². The summed E-state index contributed by atoms with van der Waals surface area (Å²) in [5.74, 6) is 0.686. The summed E-state index contributed by atoms with van der Waals surface area (Å²) in [5, 5.41) is 13.4. The fourth-order valence-corrected chi connectivity index (χ4v) is 7.29. The zero-order chi connectivity index (χ0) is 27.5. The smallest absolute Gasteiger partial charge is 0.302 e. The highest BCUT2D eigenvalue weighted by molar-refractivity contribution is 5.66. The largest absolute Gasteiger partial charge is 0.462 e. The Bertz CT molecular complexity index is 715. The maximum Gasteiger partial charge on any atom is 0.302 e. The van der Waals surface area contributed by atoms with E-state index in [0.29, 0.717) is 24.2 Å². The molecule has 0 aromatic rings. The van der Waals surface area contributed by atoms with E-state index < -0.39 is 6.10 Å². The Morgan fingerprint density at radius 1 is 0.974 bits per heavy atom. The summed E-state index contributed by atoms with van der Waals surface area (Å²) in [4.78, 5) is 23.8. The Morgan fingerprint density at radius 2 is 1.66 bits per heavy atom. The third-order valence-corrected chi connectivity index (χ3v) is 9.12. The van der Waals surface area contributed by atoms with Crippen molar-refractivity contribution >= 4 is 11.9 Å². The Balaban J connectivity index is 1.68. The molecule has 0 bridgehead atoms. The summed E-state index contributed by atoms with van der Waals surface area (Å²) in [6.45, 7) is 6.09. The first-order chi connectivity index (χ1) is 18.2. The molecule has 3 aliphatic rings. The summed E-state index contributed by atoms with van der Waals surface area (Å²) in [5.41, 5.74) is 6.33. The number of hydrogen-bond acceptors (Lipinski definition) is 7. The second kappa shape index (κ2) is 16.1. The van der Waals surface area contributed by atoms with Gasteiger partial charge in [-0.25, -0.2) is 0 Å². The second-order valence-corrected chi connectivity index (χ2v) is 12.3. The van der Waals surface area contributed by atoms with E-state index in [2.05, 4.69) is 12.2 Å². The highest BCUT2D eigenvalue weighted by Gasteiger charge is 2.43. The number of quaternary nitrogens is 1. The Hall–Kier alpha value is -1.22. The van der Waals surface area contributed by atoms with Crippen LogP contribution >= 0.6 is 0 Å². The lowest BCUT2D eigenvalue weighted by Gasteiger charge is -2.45. The van der Waals surface area contributed by atoms with Crippen LogP contribution in [0.15, 0.2) is 0 Å². The van der Waals surface area contributed by atoms with Crippen LogP contribution in [0.4, 0.5) is 0 Å². The molecule has 8 heteroatoms. The first kappa shape index (κ1) is 31.3. The zero-order valence-corrected chi connectivity index (χ0v) is 24.2. The van der Waals surface area contributed by atoms with Gasteiger partial charge in [0.05, 0.1) is 24.9 Å². The van der Waals surface area contributed by atoms with E-state index in [-0.39, 0.29) is 42.5 Å². The molecular formula is C30H55N2O6+. The van der Waals surface area contributed by atoms with Crippen molar-refractivity contribution in [2.24, 2.45) is 23.5 Å². The molecule has 1 heterocycles. The molecule has 38 heavy (non-hydrogen) atoms. The fraction of sp³-hybridized carbons (Fsp3) is 0.933. The van der Waals surface area contributed by atoms with Gasteiger partial charge in [-0.1, -0.05) is 32.6 Å². The minimum absolute atomic E-state index is 0.125. The highest BCUT2D eigenvalue weighted by Crippen LogP contribution is 2.43. The second-order valence-electron chi connectivity index (χ2n) is 12.3. The van der Waals surface area contributed by atoms with Gasteiger partial charge in [0.1, 0.15) is 18.4 Å². The molecule has 0 radical (unpaired) electrons. The number of unbranched alkanes of at least 4 members (excludes halogenated alkanes) is 2. The van der Waals surface area contributed by atoms with Crippen LogP contribution in [-0.2, 0) is 23.8 Å². The number of aliphatic hydroxyl groups excluding tert-OH is 1. The summed E-state index contributed by atoms with van der Waals surface area (Å²) in [7, 11) is 0. The number of aliphatic hydroxyl groups is 1. The van der Waals surface area contributed by atoms with Crippen molar-refractivity contribution in [1.29, 1.82) is 0 Å². The molecule has 0 amide bonds. The van der Waals surface area contributed by atoms with Gasteiger partial charge in [-0.3, -0.25) is 15.3 Å². The predicted molar refractivity (Wildman–Crippen MR) is 146 cm³/mol. The standard InChI is InChI=1S/C30H54N2O6/c1-4-5-6-11-25(36-20(2)33)18-26(37-21(3)34)13-12-22-16-29(38-24-9-7-8-10-24)28(35)19-27(22)23-14-15-32-30(31)17-23/h22-30,32,35H,4-19,31H2,1-3H3/p+1. The molecule has 0 aromatic heterocycles. The first-order valence-corrected chi connectivity index (χ1v) is 15.5. The molecule has 8 unspecified atom stereocenters. The molecule has 0 aromatic carbocycles. The van der Waals surface area contributed by atoms with Crippen LogP contribution in [-0.4, -0.2) is 60.3 Å². The van der Waals surface area contributed by atoms with Gasteiger partial charge in [0.2, 0.25) is 0 Å². The molecule has 1 saturated heterocycles. The molecule has 3 rings (SSSR count). The van der Waals surface area contributed by atoms with Crippen molar-refractivity contribution in [3.05, 3.63) is 0 Å². The fourth-order valence-electron chi connectivity index (χ4n) is 7.29. The van der Waals surface area contributed by atoms with E-state index in [4.69, 9.17) is 19.9 Å². The first-order valence-electron chi connectivity index (χ1n) is 15.5. The van der Waals surface area contributed by atoms with Crippen LogP contribution in [0.5, 0.6) is 0 Å². The predicted octanol–water partition coefficient (Wildman–Crippen LogP) is 3.57. The molecule has 0 spiro atoms. The van der Waals surface area contributed by atoms with Crippen molar-refractivity contribution in [3.8, 4) is 0 Å². The lowest BCUT2D eigenvalue weighted by atomic mass is 9.66. The number of hydrogen-bond donors (Lipinski definition) is 3. The Morgan fingerprint density at radius 3 is 2.29 bits per heavy atom. The quantitative estimate of drug-likeness (QED) is 0.228. The molecule has 220 valence electrons. The van der Waals surface area contributed by atoms with Gasteiger partial charge in [-0.2, -0.15) is 0 Å². The maximum absolute atomic E-state index is 12.0. The SMILES string of the molecule is CCCCCC(CC(CCC1CC(OC2CCCC2)C(O)CC1C1CC[NH2+]C(N)C1)OC(C)=O)OC(C)=O. The van der Waals surface area contributed by atoms with E-state index in [1.54, 1.807) is 0 Å². The van der Waals surface area contributed by atoms with Gasteiger partial charge in [-0.15, -0.1) is 0 Å². The van der Waals surface area contributed by atoms with Crippen molar-refractivity contribution in [3.63, 3.8) is 0 Å². The zero-order valence-electron chi connectivity index (χ0n) is 24.2. The van der Waals surface area contributed by atoms with Crippen molar-refractivity contribution in [2.75, 3.05) is 6.54 Å². The Kier molecular flexibility index (Phi) is 13.3. The molecular weight excluding hydrogens is 484 g/mol. The topological polar surface area (TPSA) is 125 Å². The van der Waals surface area contributed by atoms with Gasteiger partial charge in [0.15, 0.2) is 0 Å². The number of rotatable bonds is 14. The highest BCUT2D eigenvalue weighted by atomic mass is 16.6. The molecule has 8 nitrogen and oxygen atoms in total. The summed E-state index contributed by atoms with van der Waals surface area (Å²) in [6, 6.07) is 0. The van der Waals surface area contributed by atoms with E-state index >= 15 is 0 Å². The molecule has 5 N–H and O–H groups in total. The van der Waals surface area contributed by atoms with Gasteiger partial charge in [0, 0.05) is 26.7 Å². The van der Waals surface area contributed by atoms with E-state index in [1.165, 1.54) is 26.7 Å². The molecule has 8 atom stereocenters. The van der Waals surface area contributed by atoms with Crippen LogP contribution in [0.2, 0.25) is 0 Å². The minimum atomic E-state index is -0.435. The van der Waals surface area contributed by atoms with Crippen molar-refractivity contribution in [1.82, 2.24) is 0 Å². The number of carbonyl (C=O) groups is 2. The van der Waals surface area contributed by atoms with Crippen LogP contribution in [0, 0.1) is 17.8 Å². The molecule has 2 saturated carbocycles. The number of nitrogens with two attached hydrogens (primary N) is 2. The third kappa shape index (κ3) is 10.4. The number of carbonyl (C=O) groups excluding carboxylic acids is 2. The van der Waals surface area contributed by atoms with Crippen LogP contribution in [0.25, 0.3) is 0 Å². The average molecular weight is 540 g/mol. The van der Waals surface area contributed by atoms with E-state index in [9.17, 15) is 14.7 Å². The van der Waals surface area contributed by atoms with Gasteiger partial charge >= 0.3 is 11.9 Å². The average Bonchev–Trinajstić information content (AvgIpc) is 3.36. The molecule has 2 aliphatic carbocycles. The molecule has 3 fully saturated rings. The monoisotopic (exact) mass is 539 g/mol. The minimum Gasteiger partial charge on any atom is -0.462 e. The lowest BCUT2D eigenvalue weighted by molar-refractivity contribution is -0.699. The van der Waals surface area contributed by atoms with E-state index in [0.717, 1.165) is 83.6 Å². The van der Waals surface area contributed by atoms with Crippen LogP contribution in [0.3, 0.4) is 0 Å². The van der Waals surface area contributed by atoms with Crippen LogP contribution < -0.4 is 11.1 Å². The van der Waals surface area contributed by atoms with Gasteiger partial charge < -0.3 is 24.6 Å². The van der Waals surface area contributed by atoms with Crippen molar-refractivity contribution in [2.45, 2.75) is 154 Å². The number of ether oxygens (including phenoxy) is 3. The van der Waals surface area contributed by atoms with Crippen LogP contribution in [0.1, 0.15) is 117 Å². The summed E-state index contributed by atoms with van der Waals surface area (Å²) < 4.78 is 17.9. The number of piperidine rings is 1. The normalized spacial score (nSPS) is 32.0. The van der Waals surface area contributed by atoms with E-state index in [1.807, 2.05) is 0 Å². The Labute approximate surface area is 230 Å². The van der Waals surface area contributed by atoms with Crippen molar-refractivity contribution < 1.29 is 34.2 Å². The van der Waals surface area contributed by atoms with Gasteiger partial charge in [-0.05, 0) is 75.5 Å². The molecule has 1 aliphatic heterocycles. The summed E-state index contributed by atoms with van der Waals surface area (Å²) >= 11 is 0. The number of esters is 2. The third-order valence-electron chi connectivity index (χ3n) is 9.12. The lowest BCUT2D eigenvalue weighted by Crippen LogP contribution is -2.94. The summed E-state index contributed by atoms with van der Waals surface area (Å²) in [6.07, 6.45) is 13.7. The maximum atomic E-state index is 12.0.